The number of rotatable bonds is 3. The average molecular weight is 248 g/mol. The lowest BCUT2D eigenvalue weighted by atomic mass is 10.0. The number of hydrogen-bond donors (Lipinski definition) is 0. The van der Waals surface area contributed by atoms with E-state index < -0.39 is 0 Å². The highest BCUT2D eigenvalue weighted by atomic mass is 32.2. The van der Waals surface area contributed by atoms with E-state index in [0.29, 0.717) is 4.75 Å². The second-order valence-corrected chi connectivity index (χ2v) is 7.72. The van der Waals surface area contributed by atoms with Crippen LogP contribution < -0.4 is 0 Å². The van der Waals surface area contributed by atoms with Gasteiger partial charge in [-0.1, -0.05) is 33.8 Å². The summed E-state index contributed by atoms with van der Waals surface area (Å²) < 4.78 is 0.350. The molecule has 17 heavy (non-hydrogen) atoms. The van der Waals surface area contributed by atoms with E-state index in [1.54, 1.807) is 11.1 Å². The lowest BCUT2D eigenvalue weighted by Crippen LogP contribution is -2.12. The van der Waals surface area contributed by atoms with Crippen LogP contribution in [0.5, 0.6) is 0 Å². The molecule has 1 aliphatic rings. The van der Waals surface area contributed by atoms with E-state index in [0.717, 1.165) is 5.92 Å². The molecule has 1 heteroatoms. The van der Waals surface area contributed by atoms with Crippen LogP contribution in [0, 0.1) is 6.92 Å². The Morgan fingerprint density at radius 3 is 2.71 bits per heavy atom. The Morgan fingerprint density at radius 2 is 2.06 bits per heavy atom. The molecule has 1 aliphatic carbocycles. The first-order valence-electron chi connectivity index (χ1n) is 6.75. The molecule has 0 aliphatic heterocycles. The normalized spacial score (nSPS) is 19.5. The van der Waals surface area contributed by atoms with Crippen molar-refractivity contribution < 1.29 is 0 Å². The van der Waals surface area contributed by atoms with Crippen molar-refractivity contribution >= 4 is 11.8 Å². The molecule has 0 saturated heterocycles. The minimum Gasteiger partial charge on any atom is -0.120 e. The van der Waals surface area contributed by atoms with Gasteiger partial charge in [0.05, 0.1) is 0 Å². The molecule has 0 fully saturated rings. The van der Waals surface area contributed by atoms with Crippen LogP contribution in [-0.2, 0) is 6.42 Å². The molecule has 0 radical (unpaired) electrons. The van der Waals surface area contributed by atoms with E-state index in [9.17, 15) is 0 Å². The van der Waals surface area contributed by atoms with Gasteiger partial charge in [-0.15, -0.1) is 11.8 Å². The number of thioether (sulfide) groups is 1. The van der Waals surface area contributed by atoms with Crippen LogP contribution in [-0.4, -0.2) is 4.75 Å². The fourth-order valence-electron chi connectivity index (χ4n) is 2.44. The third-order valence-corrected chi connectivity index (χ3v) is 5.55. The van der Waals surface area contributed by atoms with Crippen LogP contribution >= 0.6 is 11.8 Å². The maximum Gasteiger partial charge on any atom is 0.0148 e. The van der Waals surface area contributed by atoms with E-state index in [1.807, 2.05) is 11.8 Å². The minimum absolute atomic E-state index is 0.350. The molecule has 1 atom stereocenters. The molecule has 1 unspecified atom stereocenters. The molecule has 2 rings (SSSR count). The standard InChI is InChI=1S/C16H24S/c1-6-16(4,5)17-15-10-13-8-7-11(2)14(13)9-12(15)3/h9-11H,6-8H2,1-5H3. The number of benzene rings is 1. The van der Waals surface area contributed by atoms with Gasteiger partial charge in [0.15, 0.2) is 0 Å². The fourth-order valence-corrected chi connectivity index (χ4v) is 3.60. The molecule has 94 valence electrons. The van der Waals surface area contributed by atoms with Gasteiger partial charge in [0.2, 0.25) is 0 Å². The summed E-state index contributed by atoms with van der Waals surface area (Å²) in [6, 6.07) is 4.89. The van der Waals surface area contributed by atoms with Crippen LogP contribution in [0.25, 0.3) is 0 Å². The molecule has 0 nitrogen and oxygen atoms in total. The van der Waals surface area contributed by atoms with Gasteiger partial charge in [-0.25, -0.2) is 0 Å². The van der Waals surface area contributed by atoms with Gasteiger partial charge in [-0.05, 0) is 54.9 Å². The quantitative estimate of drug-likeness (QED) is 0.652. The van der Waals surface area contributed by atoms with Crippen LogP contribution in [0.15, 0.2) is 17.0 Å². The maximum atomic E-state index is 2.45. The van der Waals surface area contributed by atoms with Gasteiger partial charge in [-0.3, -0.25) is 0 Å². The van der Waals surface area contributed by atoms with E-state index in [-0.39, 0.29) is 0 Å². The summed E-state index contributed by atoms with van der Waals surface area (Å²) in [7, 11) is 0. The van der Waals surface area contributed by atoms with E-state index >= 15 is 0 Å². The highest BCUT2D eigenvalue weighted by Crippen LogP contribution is 2.41. The first-order valence-corrected chi connectivity index (χ1v) is 7.57. The Hall–Kier alpha value is -0.430. The largest absolute Gasteiger partial charge is 0.120 e. The van der Waals surface area contributed by atoms with Crippen molar-refractivity contribution in [3.63, 3.8) is 0 Å². The third kappa shape index (κ3) is 2.70. The Bertz CT molecular complexity index is 418. The SMILES string of the molecule is CCC(C)(C)Sc1cc2c(cc1C)C(C)CC2. The predicted molar refractivity (Wildman–Crippen MR) is 78.1 cm³/mol. The van der Waals surface area contributed by atoms with Crippen LogP contribution in [0.2, 0.25) is 0 Å². The summed E-state index contributed by atoms with van der Waals surface area (Å²) in [4.78, 5) is 1.49. The summed E-state index contributed by atoms with van der Waals surface area (Å²) in [6.07, 6.45) is 3.82. The van der Waals surface area contributed by atoms with Crippen molar-refractivity contribution in [2.24, 2.45) is 0 Å². The molecule has 0 N–H and O–H groups in total. The molecule has 0 spiro atoms. The highest BCUT2D eigenvalue weighted by Gasteiger charge is 2.23. The molecule has 0 aromatic heterocycles. The Kier molecular flexibility index (Phi) is 3.58. The summed E-state index contributed by atoms with van der Waals surface area (Å²) >= 11 is 2.04. The zero-order valence-corrected chi connectivity index (χ0v) is 12.6. The van der Waals surface area contributed by atoms with Crippen molar-refractivity contribution in [2.75, 3.05) is 0 Å². The molecule has 0 saturated carbocycles. The van der Waals surface area contributed by atoms with Crippen molar-refractivity contribution in [3.05, 3.63) is 28.8 Å². The topological polar surface area (TPSA) is 0 Å². The zero-order chi connectivity index (χ0) is 12.6. The Balaban J connectivity index is 2.31. The lowest BCUT2D eigenvalue weighted by Gasteiger charge is -2.23. The molecule has 0 bridgehead atoms. The van der Waals surface area contributed by atoms with Gasteiger partial charge >= 0.3 is 0 Å². The summed E-state index contributed by atoms with van der Waals surface area (Å²) in [5.74, 6) is 0.766. The highest BCUT2D eigenvalue weighted by molar-refractivity contribution is 8.00. The van der Waals surface area contributed by atoms with Crippen molar-refractivity contribution in [2.45, 2.75) is 69.4 Å². The molecule has 0 amide bonds. The molecule has 1 aromatic carbocycles. The Labute approximate surface area is 110 Å². The monoisotopic (exact) mass is 248 g/mol. The minimum atomic E-state index is 0.350. The summed E-state index contributed by atoms with van der Waals surface area (Å²) in [6.45, 7) is 11.6. The van der Waals surface area contributed by atoms with Gasteiger partial charge in [0.1, 0.15) is 0 Å². The van der Waals surface area contributed by atoms with Crippen molar-refractivity contribution in [1.29, 1.82) is 0 Å². The second kappa shape index (κ2) is 4.68. The van der Waals surface area contributed by atoms with Gasteiger partial charge in [-0.2, -0.15) is 0 Å². The number of hydrogen-bond acceptors (Lipinski definition) is 1. The van der Waals surface area contributed by atoms with Gasteiger partial charge < -0.3 is 0 Å². The summed E-state index contributed by atoms with van der Waals surface area (Å²) in [5.41, 5.74) is 4.66. The van der Waals surface area contributed by atoms with Crippen LogP contribution in [0.3, 0.4) is 0 Å². The molecule has 1 aromatic rings. The average Bonchev–Trinajstić information content (AvgIpc) is 2.61. The van der Waals surface area contributed by atoms with Crippen LogP contribution in [0.4, 0.5) is 0 Å². The van der Waals surface area contributed by atoms with Crippen molar-refractivity contribution in [1.82, 2.24) is 0 Å². The molecular weight excluding hydrogens is 224 g/mol. The zero-order valence-electron chi connectivity index (χ0n) is 11.8. The smallest absolute Gasteiger partial charge is 0.0148 e. The molecular formula is C16H24S. The van der Waals surface area contributed by atoms with E-state index in [4.69, 9.17) is 0 Å². The fraction of sp³-hybridized carbons (Fsp3) is 0.625. The predicted octanol–water partition coefficient (Wildman–Crippen LogP) is 5.33. The molecule has 0 heterocycles. The van der Waals surface area contributed by atoms with Gasteiger partial charge in [0.25, 0.3) is 0 Å². The third-order valence-electron chi connectivity index (χ3n) is 4.05. The lowest BCUT2D eigenvalue weighted by molar-refractivity contribution is 0.684. The second-order valence-electron chi connectivity index (χ2n) is 5.97. The number of fused-ring (bicyclic) bond motifs is 1. The first kappa shape index (κ1) is 13.0. The van der Waals surface area contributed by atoms with E-state index in [2.05, 4.69) is 46.8 Å². The number of aryl methyl sites for hydroxylation is 2. The van der Waals surface area contributed by atoms with Crippen molar-refractivity contribution in [3.8, 4) is 0 Å². The van der Waals surface area contributed by atoms with Crippen LogP contribution in [0.1, 0.15) is 63.1 Å². The summed E-state index contributed by atoms with van der Waals surface area (Å²) in [5, 5.41) is 0. The maximum absolute atomic E-state index is 2.45. The Morgan fingerprint density at radius 1 is 1.35 bits per heavy atom. The van der Waals surface area contributed by atoms with E-state index in [1.165, 1.54) is 29.7 Å². The first-order chi connectivity index (χ1) is 7.93. The van der Waals surface area contributed by atoms with Gasteiger partial charge in [0, 0.05) is 9.64 Å².